The van der Waals surface area contributed by atoms with Gasteiger partial charge in [-0.1, -0.05) is 31.5 Å². The summed E-state index contributed by atoms with van der Waals surface area (Å²) < 4.78 is 13.5. The van der Waals surface area contributed by atoms with Gasteiger partial charge in [-0.15, -0.1) is 12.4 Å². The van der Waals surface area contributed by atoms with Crippen molar-refractivity contribution in [3.8, 4) is 0 Å². The molecule has 3 N–H and O–H groups in total. The van der Waals surface area contributed by atoms with Crippen LogP contribution in [-0.4, -0.2) is 17.5 Å². The van der Waals surface area contributed by atoms with E-state index in [2.05, 4.69) is 5.32 Å². The smallest absolute Gasteiger partial charge is 0.240 e. The highest BCUT2D eigenvalue weighted by Gasteiger charge is 2.28. The number of carbonyl (C=O) groups excluding carboxylic acids is 1. The molecule has 20 heavy (non-hydrogen) atoms. The Morgan fingerprint density at radius 3 is 2.60 bits per heavy atom. The van der Waals surface area contributed by atoms with Crippen molar-refractivity contribution < 1.29 is 9.18 Å². The quantitative estimate of drug-likeness (QED) is 0.849. The molecule has 2 atom stereocenters. The van der Waals surface area contributed by atoms with E-state index in [9.17, 15) is 9.18 Å². The van der Waals surface area contributed by atoms with Gasteiger partial charge in [-0.05, 0) is 38.3 Å². The summed E-state index contributed by atoms with van der Waals surface area (Å²) in [7, 11) is 0. The van der Waals surface area contributed by atoms with Gasteiger partial charge in [0, 0.05) is 6.04 Å². The highest BCUT2D eigenvalue weighted by Crippen LogP contribution is 2.12. The van der Waals surface area contributed by atoms with Gasteiger partial charge < -0.3 is 11.1 Å². The van der Waals surface area contributed by atoms with E-state index in [4.69, 9.17) is 5.73 Å². The lowest BCUT2D eigenvalue weighted by Gasteiger charge is -2.25. The second kappa shape index (κ2) is 8.22. The molecule has 0 aromatic heterocycles. The van der Waals surface area contributed by atoms with Gasteiger partial charge >= 0.3 is 0 Å². The molecular weight excluding hydrogens is 279 g/mol. The Morgan fingerprint density at radius 1 is 1.45 bits per heavy atom. The predicted molar refractivity (Wildman–Crippen MR) is 82.5 cm³/mol. The fourth-order valence-corrected chi connectivity index (χ4v) is 2.07. The molecule has 1 aromatic rings. The summed E-state index contributed by atoms with van der Waals surface area (Å²) in [4.78, 5) is 12.0. The van der Waals surface area contributed by atoms with Crippen LogP contribution in [0.15, 0.2) is 24.3 Å². The number of benzene rings is 1. The van der Waals surface area contributed by atoms with E-state index in [-0.39, 0.29) is 30.2 Å². The number of amides is 1. The van der Waals surface area contributed by atoms with Crippen LogP contribution in [0.25, 0.3) is 0 Å². The largest absolute Gasteiger partial charge is 0.352 e. The molecule has 114 valence electrons. The van der Waals surface area contributed by atoms with Crippen LogP contribution in [0.4, 0.5) is 4.39 Å². The molecular formula is C15H24ClFN2O. The Hall–Kier alpha value is -1.13. The lowest BCUT2D eigenvalue weighted by atomic mass is 9.95. The Labute approximate surface area is 126 Å². The van der Waals surface area contributed by atoms with Crippen LogP contribution in [0.2, 0.25) is 0 Å². The molecule has 3 nitrogen and oxygen atoms in total. The second-order valence-electron chi connectivity index (χ2n) is 5.34. The van der Waals surface area contributed by atoms with Crippen LogP contribution in [-0.2, 0) is 11.2 Å². The lowest BCUT2D eigenvalue weighted by Crippen LogP contribution is -2.53. The number of carbonyl (C=O) groups is 1. The first-order valence-corrected chi connectivity index (χ1v) is 6.70. The van der Waals surface area contributed by atoms with Crippen LogP contribution >= 0.6 is 12.4 Å². The molecule has 0 fully saturated rings. The molecule has 1 amide bonds. The molecule has 1 rings (SSSR count). The third kappa shape index (κ3) is 5.47. The van der Waals surface area contributed by atoms with E-state index in [1.54, 1.807) is 25.1 Å². The van der Waals surface area contributed by atoms with Gasteiger partial charge in [0.15, 0.2) is 0 Å². The third-order valence-corrected chi connectivity index (χ3v) is 3.15. The average Bonchev–Trinajstić information content (AvgIpc) is 2.32. The lowest BCUT2D eigenvalue weighted by molar-refractivity contribution is -0.126. The Bertz CT molecular complexity index is 438. The van der Waals surface area contributed by atoms with Crippen molar-refractivity contribution in [3.63, 3.8) is 0 Å². The van der Waals surface area contributed by atoms with E-state index < -0.39 is 5.54 Å². The van der Waals surface area contributed by atoms with E-state index in [1.165, 1.54) is 6.07 Å². The molecule has 0 radical (unpaired) electrons. The molecule has 1 aromatic carbocycles. The van der Waals surface area contributed by atoms with Gasteiger partial charge in [-0.3, -0.25) is 4.79 Å². The van der Waals surface area contributed by atoms with E-state index in [0.717, 1.165) is 6.42 Å². The first-order valence-electron chi connectivity index (χ1n) is 6.70. The standard InChI is InChI=1S/C15H23FN2O.ClH/c1-4-9-15(3,17)14(19)18-11(2)10-12-7-5-6-8-13(12)16;/h5-8,11H,4,9-10,17H2,1-3H3,(H,18,19);1H. The van der Waals surface area contributed by atoms with Gasteiger partial charge in [-0.2, -0.15) is 0 Å². The Balaban J connectivity index is 0.00000361. The van der Waals surface area contributed by atoms with E-state index in [1.807, 2.05) is 13.8 Å². The minimum atomic E-state index is -0.863. The van der Waals surface area contributed by atoms with Crippen molar-refractivity contribution in [1.29, 1.82) is 0 Å². The number of halogens is 2. The SMILES string of the molecule is CCCC(C)(N)C(=O)NC(C)Cc1ccccc1F.Cl. The topological polar surface area (TPSA) is 55.1 Å². The summed E-state index contributed by atoms with van der Waals surface area (Å²) in [5.41, 5.74) is 5.69. The maximum Gasteiger partial charge on any atom is 0.240 e. The zero-order valence-electron chi connectivity index (χ0n) is 12.3. The van der Waals surface area contributed by atoms with Crippen LogP contribution in [0.3, 0.4) is 0 Å². The minimum Gasteiger partial charge on any atom is -0.352 e. The maximum absolute atomic E-state index is 13.5. The molecule has 0 aliphatic heterocycles. The van der Waals surface area contributed by atoms with E-state index >= 15 is 0 Å². The zero-order valence-corrected chi connectivity index (χ0v) is 13.1. The highest BCUT2D eigenvalue weighted by atomic mass is 35.5. The molecule has 5 heteroatoms. The Kier molecular flexibility index (Phi) is 7.76. The van der Waals surface area contributed by atoms with Crippen molar-refractivity contribution >= 4 is 18.3 Å². The second-order valence-corrected chi connectivity index (χ2v) is 5.34. The monoisotopic (exact) mass is 302 g/mol. The molecule has 0 aliphatic carbocycles. The third-order valence-electron chi connectivity index (χ3n) is 3.15. The van der Waals surface area contributed by atoms with Gasteiger partial charge in [0.2, 0.25) is 5.91 Å². The number of nitrogens with two attached hydrogens (primary N) is 1. The molecule has 0 saturated heterocycles. The highest BCUT2D eigenvalue weighted by molar-refractivity contribution is 5.86. The van der Waals surface area contributed by atoms with Crippen LogP contribution < -0.4 is 11.1 Å². The molecule has 0 saturated carbocycles. The van der Waals surface area contributed by atoms with Crippen molar-refractivity contribution in [3.05, 3.63) is 35.6 Å². The van der Waals surface area contributed by atoms with Crippen molar-refractivity contribution in [2.24, 2.45) is 5.73 Å². The Morgan fingerprint density at radius 2 is 2.05 bits per heavy atom. The summed E-state index contributed by atoms with van der Waals surface area (Å²) in [6, 6.07) is 6.45. The van der Waals surface area contributed by atoms with Crippen molar-refractivity contribution in [1.82, 2.24) is 5.32 Å². The zero-order chi connectivity index (χ0) is 14.5. The fraction of sp³-hybridized carbons (Fsp3) is 0.533. The fourth-order valence-electron chi connectivity index (χ4n) is 2.07. The normalized spacial score (nSPS) is 14.8. The van der Waals surface area contributed by atoms with Gasteiger partial charge in [0.25, 0.3) is 0 Å². The van der Waals surface area contributed by atoms with Crippen LogP contribution in [0.5, 0.6) is 0 Å². The first kappa shape index (κ1) is 18.9. The van der Waals surface area contributed by atoms with Crippen molar-refractivity contribution in [2.75, 3.05) is 0 Å². The summed E-state index contributed by atoms with van der Waals surface area (Å²) in [5.74, 6) is -0.425. The van der Waals surface area contributed by atoms with Gasteiger partial charge in [-0.25, -0.2) is 4.39 Å². The van der Waals surface area contributed by atoms with Crippen molar-refractivity contribution in [2.45, 2.75) is 51.6 Å². The van der Waals surface area contributed by atoms with Crippen LogP contribution in [0, 0.1) is 5.82 Å². The average molecular weight is 303 g/mol. The molecule has 0 aliphatic rings. The molecule has 0 bridgehead atoms. The predicted octanol–water partition coefficient (Wildman–Crippen LogP) is 2.81. The first-order chi connectivity index (χ1) is 8.86. The summed E-state index contributed by atoms with van der Waals surface area (Å²) in [6.45, 7) is 5.56. The molecule has 2 unspecified atom stereocenters. The molecule has 0 spiro atoms. The number of hydrogen-bond donors (Lipinski definition) is 2. The van der Waals surface area contributed by atoms with E-state index in [0.29, 0.717) is 18.4 Å². The number of nitrogens with one attached hydrogen (secondary N) is 1. The summed E-state index contributed by atoms with van der Waals surface area (Å²) in [6.07, 6.45) is 1.94. The maximum atomic E-state index is 13.5. The van der Waals surface area contributed by atoms with Gasteiger partial charge in [0.1, 0.15) is 5.82 Å². The number of hydrogen-bond acceptors (Lipinski definition) is 2. The molecule has 0 heterocycles. The number of rotatable bonds is 6. The summed E-state index contributed by atoms with van der Waals surface area (Å²) in [5, 5.41) is 2.85. The van der Waals surface area contributed by atoms with Gasteiger partial charge in [0.05, 0.1) is 5.54 Å². The van der Waals surface area contributed by atoms with Crippen LogP contribution in [0.1, 0.15) is 39.2 Å². The summed E-state index contributed by atoms with van der Waals surface area (Å²) >= 11 is 0. The minimum absolute atomic E-state index is 0.